The maximum atomic E-state index is 6.21. The summed E-state index contributed by atoms with van der Waals surface area (Å²) in [5, 5.41) is 0.197. The van der Waals surface area contributed by atoms with Gasteiger partial charge in [0.25, 0.3) is 0 Å². The van der Waals surface area contributed by atoms with Crippen LogP contribution in [0.15, 0.2) is 48.2 Å². The quantitative estimate of drug-likeness (QED) is 0.393. The van der Waals surface area contributed by atoms with E-state index in [0.29, 0.717) is 0 Å². The summed E-state index contributed by atoms with van der Waals surface area (Å²) in [4.78, 5) is 0. The Morgan fingerprint density at radius 2 is 1.68 bits per heavy atom. The molecule has 2 heteroatoms. The van der Waals surface area contributed by atoms with Crippen molar-refractivity contribution in [2.75, 3.05) is 0 Å². The van der Waals surface area contributed by atoms with Crippen LogP contribution in [0.4, 0.5) is 0 Å². The lowest BCUT2D eigenvalue weighted by atomic mass is 10.1. The summed E-state index contributed by atoms with van der Waals surface area (Å²) in [6, 6.07) is 10.3. The largest absolute Gasteiger partial charge is 0.544 e. The molecule has 104 valence electrons. The fourth-order valence-corrected chi connectivity index (χ4v) is 2.50. The van der Waals surface area contributed by atoms with E-state index in [9.17, 15) is 0 Å². The number of allylic oxidation sites excluding steroid dienone is 1. The van der Waals surface area contributed by atoms with Gasteiger partial charge in [-0.1, -0.05) is 57.7 Å². The Balaban J connectivity index is 2.82. The number of hydrogen-bond donors (Lipinski definition) is 0. The molecule has 0 fully saturated rings. The number of hydrogen-bond acceptors (Lipinski definition) is 1. The van der Waals surface area contributed by atoms with Crippen molar-refractivity contribution in [2.24, 2.45) is 0 Å². The molecule has 0 unspecified atom stereocenters. The van der Waals surface area contributed by atoms with Crippen molar-refractivity contribution >= 4 is 14.4 Å². The summed E-state index contributed by atoms with van der Waals surface area (Å²) >= 11 is 0. The summed E-state index contributed by atoms with van der Waals surface area (Å²) in [7, 11) is -1.79. The van der Waals surface area contributed by atoms with Gasteiger partial charge >= 0.3 is 0 Å². The zero-order valence-electron chi connectivity index (χ0n) is 13.1. The predicted molar refractivity (Wildman–Crippen MR) is 87.5 cm³/mol. The zero-order chi connectivity index (χ0) is 14.7. The molecule has 0 saturated heterocycles. The molecule has 0 aliphatic rings. The third kappa shape index (κ3) is 4.39. The fraction of sp³-hybridized carbons (Fsp3) is 0.412. The first-order valence-corrected chi connectivity index (χ1v) is 9.66. The molecule has 0 heterocycles. The van der Waals surface area contributed by atoms with E-state index < -0.39 is 8.32 Å². The molecule has 19 heavy (non-hydrogen) atoms. The first kappa shape index (κ1) is 15.8. The minimum absolute atomic E-state index is 0.197. The second-order valence-corrected chi connectivity index (χ2v) is 11.2. The minimum Gasteiger partial charge on any atom is -0.544 e. The van der Waals surface area contributed by atoms with Crippen LogP contribution in [0.5, 0.6) is 0 Å². The first-order valence-electron chi connectivity index (χ1n) is 6.75. The molecule has 0 radical (unpaired) electrons. The molecular weight excluding hydrogens is 248 g/mol. The smallest absolute Gasteiger partial charge is 0.250 e. The van der Waals surface area contributed by atoms with Crippen LogP contribution in [0.2, 0.25) is 18.1 Å². The third-order valence-corrected chi connectivity index (χ3v) is 8.18. The van der Waals surface area contributed by atoms with Gasteiger partial charge in [0.1, 0.15) is 0 Å². The van der Waals surface area contributed by atoms with Crippen molar-refractivity contribution in [1.29, 1.82) is 0 Å². The predicted octanol–water partition coefficient (Wildman–Crippen LogP) is 5.63. The lowest BCUT2D eigenvalue weighted by Gasteiger charge is -2.37. The molecule has 1 rings (SSSR count). The monoisotopic (exact) mass is 274 g/mol. The topological polar surface area (TPSA) is 9.23 Å². The SMILES string of the molecule is C=C(O[Si](C)(C)C(C)(C)C)/C(C)=C/c1ccccc1. The van der Waals surface area contributed by atoms with Crippen molar-refractivity contribution in [1.82, 2.24) is 0 Å². The highest BCUT2D eigenvalue weighted by molar-refractivity contribution is 6.74. The lowest BCUT2D eigenvalue weighted by Crippen LogP contribution is -2.40. The summed E-state index contributed by atoms with van der Waals surface area (Å²) < 4.78 is 6.21. The van der Waals surface area contributed by atoms with Gasteiger partial charge in [-0.3, -0.25) is 0 Å². The van der Waals surface area contributed by atoms with Gasteiger partial charge in [-0.05, 0) is 42.3 Å². The van der Waals surface area contributed by atoms with E-state index in [1.165, 1.54) is 5.56 Å². The normalized spacial score (nSPS) is 13.3. The average Bonchev–Trinajstić information content (AvgIpc) is 2.28. The van der Waals surface area contributed by atoms with Crippen molar-refractivity contribution in [3.63, 3.8) is 0 Å². The standard InChI is InChI=1S/C17H26OSi/c1-14(13-16-11-9-8-10-12-16)15(2)18-19(6,7)17(3,4)5/h8-13H,2H2,1,3-7H3/b14-13+. The van der Waals surface area contributed by atoms with Crippen LogP contribution < -0.4 is 0 Å². The van der Waals surface area contributed by atoms with Crippen LogP contribution in [-0.2, 0) is 4.43 Å². The van der Waals surface area contributed by atoms with Crippen LogP contribution in [0.3, 0.4) is 0 Å². The van der Waals surface area contributed by atoms with Crippen LogP contribution in [0.1, 0.15) is 33.3 Å². The van der Waals surface area contributed by atoms with Gasteiger partial charge < -0.3 is 4.43 Å². The van der Waals surface area contributed by atoms with Gasteiger partial charge in [-0.25, -0.2) is 0 Å². The van der Waals surface area contributed by atoms with Crippen molar-refractivity contribution in [3.8, 4) is 0 Å². The van der Waals surface area contributed by atoms with E-state index >= 15 is 0 Å². The highest BCUT2D eigenvalue weighted by Gasteiger charge is 2.39. The van der Waals surface area contributed by atoms with E-state index in [2.05, 4.69) is 65.6 Å². The summed E-state index contributed by atoms with van der Waals surface area (Å²) in [5.41, 5.74) is 2.27. The molecule has 0 saturated carbocycles. The van der Waals surface area contributed by atoms with E-state index in [4.69, 9.17) is 4.43 Å². The maximum Gasteiger partial charge on any atom is 0.250 e. The molecule has 0 atom stereocenters. The molecule has 0 aliphatic heterocycles. The number of rotatable bonds is 4. The molecule has 0 spiro atoms. The van der Waals surface area contributed by atoms with Gasteiger partial charge in [-0.15, -0.1) is 0 Å². The van der Waals surface area contributed by atoms with Crippen LogP contribution >= 0.6 is 0 Å². The van der Waals surface area contributed by atoms with Gasteiger partial charge in [0.05, 0.1) is 5.76 Å². The Labute approximate surface area is 119 Å². The highest BCUT2D eigenvalue weighted by Crippen LogP contribution is 2.38. The molecule has 1 nitrogen and oxygen atoms in total. The maximum absolute atomic E-state index is 6.21. The van der Waals surface area contributed by atoms with Crippen molar-refractivity contribution < 1.29 is 4.43 Å². The molecule has 0 bridgehead atoms. The first-order chi connectivity index (χ1) is 8.63. The summed E-state index contributed by atoms with van der Waals surface area (Å²) in [6.07, 6.45) is 2.12. The van der Waals surface area contributed by atoms with E-state index in [1.807, 2.05) is 18.2 Å². The minimum atomic E-state index is -1.79. The lowest BCUT2D eigenvalue weighted by molar-refractivity contribution is 0.396. The number of benzene rings is 1. The van der Waals surface area contributed by atoms with Crippen LogP contribution in [-0.4, -0.2) is 8.32 Å². The van der Waals surface area contributed by atoms with Crippen molar-refractivity contribution in [3.05, 3.63) is 53.8 Å². The van der Waals surface area contributed by atoms with Crippen molar-refractivity contribution in [2.45, 2.75) is 45.8 Å². The average molecular weight is 274 g/mol. The van der Waals surface area contributed by atoms with Gasteiger partial charge in [0.15, 0.2) is 0 Å². The fourth-order valence-electron chi connectivity index (χ4n) is 1.42. The Bertz CT molecular complexity index is 464. The molecule has 0 amide bonds. The third-order valence-electron chi connectivity index (χ3n) is 3.81. The van der Waals surface area contributed by atoms with Crippen LogP contribution in [0, 0.1) is 0 Å². The Morgan fingerprint density at radius 1 is 1.16 bits per heavy atom. The van der Waals surface area contributed by atoms with E-state index in [-0.39, 0.29) is 5.04 Å². The van der Waals surface area contributed by atoms with Gasteiger partial charge in [0, 0.05) is 0 Å². The Morgan fingerprint density at radius 3 is 2.16 bits per heavy atom. The molecular formula is C17H26OSi. The molecule has 1 aromatic rings. The van der Waals surface area contributed by atoms with E-state index in [1.54, 1.807) is 0 Å². The Hall–Kier alpha value is -1.28. The molecule has 0 aliphatic carbocycles. The Kier molecular flexibility index (Phi) is 4.80. The molecule has 0 aromatic heterocycles. The molecule has 1 aromatic carbocycles. The summed E-state index contributed by atoms with van der Waals surface area (Å²) in [6.45, 7) is 17.4. The van der Waals surface area contributed by atoms with Gasteiger partial charge in [0.2, 0.25) is 8.32 Å². The zero-order valence-corrected chi connectivity index (χ0v) is 14.1. The van der Waals surface area contributed by atoms with Gasteiger partial charge in [-0.2, -0.15) is 0 Å². The van der Waals surface area contributed by atoms with Crippen LogP contribution in [0.25, 0.3) is 6.08 Å². The molecule has 0 N–H and O–H groups in total. The highest BCUT2D eigenvalue weighted by atomic mass is 28.4. The van der Waals surface area contributed by atoms with E-state index in [0.717, 1.165) is 11.3 Å². The summed E-state index contributed by atoms with van der Waals surface area (Å²) in [5.74, 6) is 0.801. The second kappa shape index (κ2) is 5.79. The second-order valence-electron chi connectivity index (χ2n) is 6.52.